The van der Waals surface area contributed by atoms with Gasteiger partial charge in [0.1, 0.15) is 0 Å². The third-order valence-electron chi connectivity index (χ3n) is 11.1. The molecule has 8 heteroatoms. The topological polar surface area (TPSA) is 100 Å². The second-order valence-corrected chi connectivity index (χ2v) is 14.9. The van der Waals surface area contributed by atoms with Crippen molar-refractivity contribution in [2.24, 2.45) is 4.99 Å². The van der Waals surface area contributed by atoms with E-state index >= 15 is 0 Å². The van der Waals surface area contributed by atoms with E-state index in [1.807, 2.05) is 12.4 Å². The van der Waals surface area contributed by atoms with Gasteiger partial charge in [-0.25, -0.2) is 0 Å². The molecule has 2 aromatic heterocycles. The fourth-order valence-electron chi connectivity index (χ4n) is 8.59. The van der Waals surface area contributed by atoms with E-state index in [4.69, 9.17) is 4.99 Å². The summed E-state index contributed by atoms with van der Waals surface area (Å²) in [6.45, 7) is 12.8. The van der Waals surface area contributed by atoms with Crippen LogP contribution < -0.4 is 5.32 Å². The van der Waals surface area contributed by atoms with Gasteiger partial charge in [-0.3, -0.25) is 20.1 Å². The lowest BCUT2D eigenvalue weighted by Crippen LogP contribution is -2.45. The lowest BCUT2D eigenvalue weighted by atomic mass is 9.81. The zero-order valence-electron chi connectivity index (χ0n) is 28.9. The van der Waals surface area contributed by atoms with Gasteiger partial charge in [0, 0.05) is 66.9 Å². The van der Waals surface area contributed by atoms with Crippen LogP contribution in [-0.4, -0.2) is 63.4 Å². The molecule has 2 atom stereocenters. The largest absolute Gasteiger partial charge is 0.354 e. The number of aromatic nitrogens is 2. The van der Waals surface area contributed by atoms with Crippen LogP contribution in [0.2, 0.25) is 0 Å². The van der Waals surface area contributed by atoms with Gasteiger partial charge in [-0.15, -0.1) is 0 Å². The highest BCUT2D eigenvalue weighted by Gasteiger charge is 2.47. The average Bonchev–Trinajstić information content (AvgIpc) is 3.89. The second kappa shape index (κ2) is 12.8. The summed E-state index contributed by atoms with van der Waals surface area (Å²) in [6, 6.07) is 18.2. The van der Waals surface area contributed by atoms with Crippen LogP contribution in [0.15, 0.2) is 65.9 Å². The third-order valence-corrected chi connectivity index (χ3v) is 11.1. The summed E-state index contributed by atoms with van der Waals surface area (Å²) in [4.78, 5) is 31.5. The van der Waals surface area contributed by atoms with Gasteiger partial charge < -0.3 is 14.8 Å². The number of nitrogens with zero attached hydrogens (tertiary/aromatic N) is 5. The Kier molecular flexibility index (Phi) is 8.49. The molecule has 0 spiro atoms. The van der Waals surface area contributed by atoms with Crippen molar-refractivity contribution in [2.75, 3.05) is 19.6 Å². The van der Waals surface area contributed by atoms with Gasteiger partial charge in [-0.1, -0.05) is 30.2 Å². The Labute approximate surface area is 284 Å². The number of nitriles is 1. The number of fused-ring (bicyclic) bond motifs is 3. The molecule has 248 valence electrons. The van der Waals surface area contributed by atoms with Crippen molar-refractivity contribution in [1.29, 1.82) is 5.26 Å². The molecule has 3 aliphatic heterocycles. The number of carbonyl (C=O) groups is 1. The van der Waals surface area contributed by atoms with Crippen molar-refractivity contribution in [1.82, 2.24) is 25.1 Å². The number of benzene rings is 2. The average molecular weight is 642 g/mol. The predicted octanol–water partition coefficient (Wildman–Crippen LogP) is 7.30. The van der Waals surface area contributed by atoms with E-state index in [0.29, 0.717) is 30.5 Å². The maximum absolute atomic E-state index is 14.1. The van der Waals surface area contributed by atoms with Gasteiger partial charge in [0.2, 0.25) is 11.9 Å². The summed E-state index contributed by atoms with van der Waals surface area (Å²) in [6.07, 6.45) is 11.4. The Bertz CT molecular complexity index is 1860. The first-order valence-corrected chi connectivity index (χ1v) is 17.6. The van der Waals surface area contributed by atoms with E-state index in [9.17, 15) is 10.1 Å². The van der Waals surface area contributed by atoms with Crippen LogP contribution in [0.4, 0.5) is 0 Å². The van der Waals surface area contributed by atoms with Crippen LogP contribution in [0.1, 0.15) is 92.5 Å². The van der Waals surface area contributed by atoms with E-state index in [1.54, 1.807) is 0 Å². The molecule has 4 aromatic rings. The number of hydrogen-bond donors (Lipinski definition) is 2. The van der Waals surface area contributed by atoms with Crippen LogP contribution in [0.25, 0.3) is 22.2 Å². The molecule has 2 unspecified atom stereocenters. The molecule has 1 amide bonds. The van der Waals surface area contributed by atoms with Crippen LogP contribution in [0.3, 0.4) is 0 Å². The summed E-state index contributed by atoms with van der Waals surface area (Å²) < 4.78 is 0. The molecule has 3 saturated heterocycles. The monoisotopic (exact) mass is 641 g/mol. The molecule has 5 heterocycles. The minimum absolute atomic E-state index is 0.0344. The number of rotatable bonds is 7. The fourth-order valence-corrected chi connectivity index (χ4v) is 8.59. The number of carbonyl (C=O) groups excluding carboxylic acids is 1. The molecule has 3 aliphatic rings. The second-order valence-electron chi connectivity index (χ2n) is 14.9. The Morgan fingerprint density at radius 2 is 1.73 bits per heavy atom. The van der Waals surface area contributed by atoms with Crippen LogP contribution in [0.5, 0.6) is 0 Å². The molecule has 0 radical (unpaired) electrons. The number of aliphatic imine (C=N–C) groups is 1. The molecule has 2 N–H and O–H groups in total. The van der Waals surface area contributed by atoms with Crippen molar-refractivity contribution >= 4 is 22.8 Å². The van der Waals surface area contributed by atoms with Gasteiger partial charge in [0.15, 0.2) is 6.19 Å². The minimum atomic E-state index is -0.639. The van der Waals surface area contributed by atoms with Crippen molar-refractivity contribution in [3.8, 4) is 17.5 Å². The number of nitrogens with one attached hydrogen (secondary N) is 2. The summed E-state index contributed by atoms with van der Waals surface area (Å²) >= 11 is 0. The smallest absolute Gasteiger partial charge is 0.233 e. The van der Waals surface area contributed by atoms with Crippen LogP contribution >= 0.6 is 0 Å². The van der Waals surface area contributed by atoms with Crippen LogP contribution in [0, 0.1) is 25.3 Å². The van der Waals surface area contributed by atoms with Crippen molar-refractivity contribution in [3.63, 3.8) is 0 Å². The Morgan fingerprint density at radius 1 is 1.04 bits per heavy atom. The predicted molar refractivity (Wildman–Crippen MR) is 192 cm³/mol. The number of aromatic amines is 1. The third kappa shape index (κ3) is 5.85. The van der Waals surface area contributed by atoms with Crippen molar-refractivity contribution in [3.05, 3.63) is 88.7 Å². The summed E-state index contributed by atoms with van der Waals surface area (Å²) in [5.41, 5.74) is 8.58. The molecule has 0 saturated carbocycles. The Balaban J connectivity index is 1.24. The normalized spacial score (nSPS) is 21.6. The first-order chi connectivity index (χ1) is 23.1. The summed E-state index contributed by atoms with van der Waals surface area (Å²) in [5, 5.41) is 13.7. The Hall–Kier alpha value is -4.64. The van der Waals surface area contributed by atoms with Crippen molar-refractivity contribution < 1.29 is 4.79 Å². The van der Waals surface area contributed by atoms with Crippen molar-refractivity contribution in [2.45, 2.75) is 96.1 Å². The van der Waals surface area contributed by atoms with E-state index in [-0.39, 0.29) is 11.8 Å². The molecular weight excluding hydrogens is 594 g/mol. The van der Waals surface area contributed by atoms with Gasteiger partial charge >= 0.3 is 0 Å². The number of amides is 1. The fraction of sp³-hybridized carbons (Fsp3) is 0.450. The number of pyridine rings is 1. The lowest BCUT2D eigenvalue weighted by molar-refractivity contribution is -0.137. The molecule has 48 heavy (non-hydrogen) atoms. The van der Waals surface area contributed by atoms with Crippen LogP contribution in [-0.2, 0) is 10.2 Å². The van der Waals surface area contributed by atoms with E-state index in [0.717, 1.165) is 72.9 Å². The quantitative estimate of drug-likeness (QED) is 0.0955. The molecule has 8 nitrogen and oxygen atoms in total. The first-order valence-electron chi connectivity index (χ1n) is 17.6. The maximum Gasteiger partial charge on any atom is 0.233 e. The van der Waals surface area contributed by atoms with E-state index in [2.05, 4.69) is 114 Å². The molecule has 3 fully saturated rings. The molecule has 0 aliphatic carbocycles. The van der Waals surface area contributed by atoms with Gasteiger partial charge in [-0.2, -0.15) is 5.26 Å². The molecular formula is C40H47N7O. The maximum atomic E-state index is 14.1. The summed E-state index contributed by atoms with van der Waals surface area (Å²) in [7, 11) is 0. The molecule has 2 aromatic carbocycles. The van der Waals surface area contributed by atoms with E-state index < -0.39 is 5.41 Å². The number of hydrogen-bond acceptors (Lipinski definition) is 4. The molecule has 2 bridgehead atoms. The highest BCUT2D eigenvalue weighted by atomic mass is 16.2. The summed E-state index contributed by atoms with van der Waals surface area (Å²) in [5.74, 6) is 1.29. The number of guanidine groups is 1. The van der Waals surface area contributed by atoms with E-state index in [1.165, 1.54) is 22.3 Å². The highest BCUT2D eigenvalue weighted by Crippen LogP contribution is 2.43. The van der Waals surface area contributed by atoms with Gasteiger partial charge in [0.25, 0.3) is 0 Å². The highest BCUT2D eigenvalue weighted by molar-refractivity contribution is 5.95. The first kappa shape index (κ1) is 31.9. The van der Waals surface area contributed by atoms with Gasteiger partial charge in [-0.05, 0) is 118 Å². The Morgan fingerprint density at radius 3 is 2.40 bits per heavy atom. The SMILES string of the molecule is Cc1cc(C)cc(-c2[nH]c3ccc(C(C)(C)C(=O)N4C5CCC4CC5)cc3c2C(C)CN=C(NC#N)N2CCC(c3ccncc3)C2)c1. The standard InChI is InChI=1S/C40H47N7O/c1-25-18-26(2)20-30(19-25)37-36(27(3)22-43-39(44-24-41)46-17-14-29(23-46)28-12-15-42-16-13-28)34-21-31(6-11-35(34)45-37)40(4,5)38(48)47-32-7-8-33(47)10-9-32/h6,11-13,15-16,18-21,27,29,32-33,45H,7-10,14,17,22-23H2,1-5H3,(H,43,44). The lowest BCUT2D eigenvalue weighted by Gasteiger charge is -2.33. The van der Waals surface area contributed by atoms with Gasteiger partial charge in [0.05, 0.1) is 11.1 Å². The number of aryl methyl sites for hydroxylation is 2. The zero-order chi connectivity index (χ0) is 33.6. The molecule has 7 rings (SSSR count). The zero-order valence-corrected chi connectivity index (χ0v) is 28.9. The number of H-pyrrole nitrogens is 1. The minimum Gasteiger partial charge on any atom is -0.354 e. The number of likely N-dealkylation sites (tertiary alicyclic amines) is 1.